The first-order valence-electron chi connectivity index (χ1n) is 11.2. The van der Waals surface area contributed by atoms with Crippen LogP contribution in [0.3, 0.4) is 0 Å². The van der Waals surface area contributed by atoms with Crippen LogP contribution in [-0.2, 0) is 5.67 Å². The minimum Gasteiger partial charge on any atom is -0.322 e. The molecular weight excluding hydrogens is 705 g/mol. The van der Waals surface area contributed by atoms with Crippen molar-refractivity contribution in [3.05, 3.63) is 120 Å². The van der Waals surface area contributed by atoms with Crippen molar-refractivity contribution >= 4 is 78.3 Å². The van der Waals surface area contributed by atoms with Gasteiger partial charge in [-0.15, -0.1) is 0 Å². The van der Waals surface area contributed by atoms with Gasteiger partial charge >= 0.3 is 6.18 Å². The number of aromatic nitrogens is 1. The van der Waals surface area contributed by atoms with Crippen molar-refractivity contribution < 1.29 is 27.2 Å². The quantitative estimate of drug-likeness (QED) is 0.154. The largest absolute Gasteiger partial charge is 0.431 e. The Labute approximate surface area is 252 Å². The number of anilines is 2. The third kappa shape index (κ3) is 6.17. The Kier molecular flexibility index (Phi) is 8.89. The van der Waals surface area contributed by atoms with Crippen LogP contribution in [0.5, 0.6) is 0 Å². The maximum absolute atomic E-state index is 15.9. The van der Waals surface area contributed by atoms with Gasteiger partial charge in [-0.3, -0.25) is 9.59 Å². The maximum atomic E-state index is 15.9. The average molecular weight is 720 g/mol. The van der Waals surface area contributed by atoms with Gasteiger partial charge in [0.05, 0.1) is 11.3 Å². The summed E-state index contributed by atoms with van der Waals surface area (Å²) >= 11 is 18.0. The number of nitrogens with one attached hydrogen (secondary N) is 2. The van der Waals surface area contributed by atoms with Crippen LogP contribution in [0.4, 0.5) is 28.9 Å². The van der Waals surface area contributed by atoms with E-state index in [4.69, 9.17) is 23.2 Å². The molecular formula is C27H15Br2Cl2F4N3O2. The molecule has 2 amide bonds. The van der Waals surface area contributed by atoms with Crippen molar-refractivity contribution in [2.24, 2.45) is 0 Å². The molecule has 0 bridgehead atoms. The zero-order valence-electron chi connectivity index (χ0n) is 19.8. The van der Waals surface area contributed by atoms with Gasteiger partial charge in [0.1, 0.15) is 5.15 Å². The number of nitrogens with zero attached hydrogens (tertiary/aromatic N) is 1. The summed E-state index contributed by atoms with van der Waals surface area (Å²) in [4.78, 5) is 29.4. The molecule has 0 spiro atoms. The van der Waals surface area contributed by atoms with E-state index in [1.807, 2.05) is 0 Å². The number of hydrogen-bond donors (Lipinski definition) is 2. The summed E-state index contributed by atoms with van der Waals surface area (Å²) in [5.41, 5.74) is -4.66. The van der Waals surface area contributed by atoms with Crippen molar-refractivity contribution in [1.82, 2.24) is 4.98 Å². The van der Waals surface area contributed by atoms with E-state index in [1.165, 1.54) is 30.5 Å². The number of amides is 2. The predicted octanol–water partition coefficient (Wildman–Crippen LogP) is 9.19. The number of rotatable bonds is 6. The van der Waals surface area contributed by atoms with Crippen LogP contribution < -0.4 is 10.6 Å². The summed E-state index contributed by atoms with van der Waals surface area (Å²) in [6.07, 6.45) is -3.88. The second-order valence-corrected chi connectivity index (χ2v) is 10.8. The average Bonchev–Trinajstić information content (AvgIpc) is 2.90. The minimum atomic E-state index is -5.31. The van der Waals surface area contributed by atoms with Crippen LogP contribution in [0.25, 0.3) is 0 Å². The van der Waals surface area contributed by atoms with Gasteiger partial charge in [0.25, 0.3) is 17.5 Å². The Balaban J connectivity index is 1.60. The number of benzene rings is 3. The second kappa shape index (κ2) is 11.9. The van der Waals surface area contributed by atoms with Gasteiger partial charge in [0.15, 0.2) is 0 Å². The minimum absolute atomic E-state index is 0.00549. The zero-order valence-corrected chi connectivity index (χ0v) is 24.5. The number of pyridine rings is 1. The number of halogens is 8. The number of carbonyl (C=O) groups is 2. The first-order valence-corrected chi connectivity index (χ1v) is 13.5. The lowest BCUT2D eigenvalue weighted by Gasteiger charge is -2.29. The zero-order chi connectivity index (χ0) is 29.2. The normalized spacial score (nSPS) is 12.9. The summed E-state index contributed by atoms with van der Waals surface area (Å²) in [5.74, 6) is -1.19. The molecule has 206 valence electrons. The van der Waals surface area contributed by atoms with Crippen LogP contribution >= 0.6 is 55.1 Å². The Bertz CT molecular complexity index is 1580. The first-order chi connectivity index (χ1) is 18.8. The summed E-state index contributed by atoms with van der Waals surface area (Å²) in [6.45, 7) is 0. The highest BCUT2D eigenvalue weighted by molar-refractivity contribution is 9.11. The predicted molar refractivity (Wildman–Crippen MR) is 153 cm³/mol. The summed E-state index contributed by atoms with van der Waals surface area (Å²) < 4.78 is 58.1. The lowest BCUT2D eigenvalue weighted by molar-refractivity contribution is -0.219. The smallest absolute Gasteiger partial charge is 0.322 e. The highest BCUT2D eigenvalue weighted by atomic mass is 79.9. The molecule has 1 atom stereocenters. The lowest BCUT2D eigenvalue weighted by atomic mass is 9.87. The van der Waals surface area contributed by atoms with Crippen molar-refractivity contribution in [3.63, 3.8) is 0 Å². The van der Waals surface area contributed by atoms with E-state index in [2.05, 4.69) is 47.5 Å². The molecule has 13 heteroatoms. The molecule has 4 aromatic rings. The van der Waals surface area contributed by atoms with Gasteiger partial charge in [0, 0.05) is 42.5 Å². The molecule has 1 unspecified atom stereocenters. The fourth-order valence-electron chi connectivity index (χ4n) is 3.74. The van der Waals surface area contributed by atoms with Crippen LogP contribution in [0.1, 0.15) is 31.8 Å². The summed E-state index contributed by atoms with van der Waals surface area (Å²) in [7, 11) is 0. The molecule has 0 saturated heterocycles. The van der Waals surface area contributed by atoms with Gasteiger partial charge < -0.3 is 10.6 Å². The molecule has 0 aliphatic rings. The molecule has 0 radical (unpaired) electrons. The van der Waals surface area contributed by atoms with Gasteiger partial charge in [-0.1, -0.05) is 41.4 Å². The molecule has 0 fully saturated rings. The Morgan fingerprint density at radius 2 is 1.43 bits per heavy atom. The SMILES string of the molecule is O=C(Nc1c(Br)cc(C(F)(c2ccc(Cl)cc2)C(F)(F)F)cc1Br)c1cccc(NC(=O)c2cccnc2Cl)c1. The first kappa shape index (κ1) is 30.0. The maximum Gasteiger partial charge on any atom is 0.431 e. The molecule has 5 nitrogen and oxygen atoms in total. The van der Waals surface area contributed by atoms with Crippen LogP contribution in [-0.4, -0.2) is 23.0 Å². The fraction of sp³-hybridized carbons (Fsp3) is 0.0741. The van der Waals surface area contributed by atoms with E-state index in [1.54, 1.807) is 12.1 Å². The Morgan fingerprint density at radius 1 is 0.775 bits per heavy atom. The molecule has 3 aromatic carbocycles. The van der Waals surface area contributed by atoms with E-state index in [-0.39, 0.29) is 41.6 Å². The van der Waals surface area contributed by atoms with Gasteiger partial charge in [-0.2, -0.15) is 13.2 Å². The van der Waals surface area contributed by atoms with Gasteiger partial charge in [-0.25, -0.2) is 9.37 Å². The van der Waals surface area contributed by atoms with Crippen LogP contribution in [0.15, 0.2) is 87.9 Å². The lowest BCUT2D eigenvalue weighted by Crippen LogP contribution is -2.39. The molecule has 0 aliphatic heterocycles. The molecule has 4 rings (SSSR count). The topological polar surface area (TPSA) is 71.1 Å². The Hall–Kier alpha value is -2.99. The summed E-state index contributed by atoms with van der Waals surface area (Å²) in [6, 6.07) is 15.1. The third-order valence-electron chi connectivity index (χ3n) is 5.70. The van der Waals surface area contributed by atoms with Crippen LogP contribution in [0.2, 0.25) is 10.2 Å². The second-order valence-electron chi connectivity index (χ2n) is 8.31. The molecule has 0 aliphatic carbocycles. The highest BCUT2D eigenvalue weighted by Gasteiger charge is 2.58. The molecule has 0 saturated carbocycles. The van der Waals surface area contributed by atoms with Gasteiger partial charge in [-0.05, 0) is 86.5 Å². The molecule has 1 heterocycles. The molecule has 2 N–H and O–H groups in total. The van der Waals surface area contributed by atoms with Crippen molar-refractivity contribution in [3.8, 4) is 0 Å². The molecule has 1 aromatic heterocycles. The monoisotopic (exact) mass is 717 g/mol. The van der Waals surface area contributed by atoms with E-state index in [9.17, 15) is 22.8 Å². The van der Waals surface area contributed by atoms with E-state index in [0.29, 0.717) is 0 Å². The summed E-state index contributed by atoms with van der Waals surface area (Å²) in [5, 5.41) is 5.36. The number of alkyl halides is 4. The number of hydrogen-bond acceptors (Lipinski definition) is 3. The van der Waals surface area contributed by atoms with E-state index in [0.717, 1.165) is 36.4 Å². The Morgan fingerprint density at radius 3 is 2.02 bits per heavy atom. The van der Waals surface area contributed by atoms with E-state index >= 15 is 4.39 Å². The third-order valence-corrected chi connectivity index (χ3v) is 7.50. The van der Waals surface area contributed by atoms with Crippen molar-refractivity contribution in [2.45, 2.75) is 11.8 Å². The van der Waals surface area contributed by atoms with E-state index < -0.39 is 34.8 Å². The molecule has 40 heavy (non-hydrogen) atoms. The van der Waals surface area contributed by atoms with Gasteiger partial charge in [0.2, 0.25) is 0 Å². The van der Waals surface area contributed by atoms with Crippen molar-refractivity contribution in [2.75, 3.05) is 10.6 Å². The highest BCUT2D eigenvalue weighted by Crippen LogP contribution is 2.50. The fourth-order valence-corrected chi connectivity index (χ4v) is 5.46. The number of carbonyl (C=O) groups excluding carboxylic acids is 2. The standard InChI is InChI=1S/C27H15Br2Cl2F4N3O2/c28-20-12-16(26(32,27(33,34)35)15-6-8-17(30)9-7-15)13-21(29)22(20)38-24(39)14-3-1-4-18(11-14)37-25(40)19-5-2-10-36-23(19)31/h1-13H,(H,37,40)(H,38,39). The van der Waals surface area contributed by atoms with Crippen LogP contribution in [0, 0.1) is 0 Å². The van der Waals surface area contributed by atoms with Crippen molar-refractivity contribution in [1.29, 1.82) is 0 Å².